The Morgan fingerprint density at radius 2 is 1.94 bits per heavy atom. The Balaban J connectivity index is 2.58. The first-order valence-corrected chi connectivity index (χ1v) is 4.91. The highest BCUT2D eigenvalue weighted by Gasteiger charge is 2.18. The van der Waals surface area contributed by atoms with Crippen molar-refractivity contribution in [1.82, 2.24) is 4.98 Å². The minimum Gasteiger partial charge on any atom is -0.450 e. The summed E-state index contributed by atoms with van der Waals surface area (Å²) < 4.78 is 18.8. The minimum absolute atomic E-state index is 0.172. The molecule has 1 aromatic carbocycles. The van der Waals surface area contributed by atoms with Crippen molar-refractivity contribution < 1.29 is 8.81 Å². The van der Waals surface area contributed by atoms with Crippen molar-refractivity contribution in [3.63, 3.8) is 0 Å². The van der Waals surface area contributed by atoms with E-state index in [-0.39, 0.29) is 11.5 Å². The molecule has 0 unspecified atom stereocenters. The normalized spacial score (nSPS) is 11.1. The van der Waals surface area contributed by atoms with Gasteiger partial charge in [0.2, 0.25) is 11.2 Å². The number of nitrogens with one attached hydrogen (secondary N) is 1. The maximum absolute atomic E-state index is 13.6. The molecule has 3 rings (SSSR count). The molecule has 1 heterocycles. The quantitative estimate of drug-likeness (QED) is 0.473. The van der Waals surface area contributed by atoms with Crippen LogP contribution in [0.15, 0.2) is 44.3 Å². The lowest BCUT2D eigenvalue weighted by molar-refractivity contribution is 0.533. The zero-order valence-corrected chi connectivity index (χ0v) is 8.49. The van der Waals surface area contributed by atoms with Gasteiger partial charge in [-0.3, -0.25) is 9.59 Å². The SMILES string of the molecule is O=c1cc2[nH]c3ccccc3oc-2c(F)c1=O. The summed E-state index contributed by atoms with van der Waals surface area (Å²) >= 11 is 0. The predicted octanol–water partition coefficient (Wildman–Crippen LogP) is 1.73. The third-order valence-electron chi connectivity index (χ3n) is 2.51. The highest BCUT2D eigenvalue weighted by Crippen LogP contribution is 2.24. The largest absolute Gasteiger partial charge is 0.450 e. The van der Waals surface area contributed by atoms with E-state index in [1.807, 2.05) is 0 Å². The molecule has 0 fully saturated rings. The molecule has 0 amide bonds. The van der Waals surface area contributed by atoms with Gasteiger partial charge in [-0.2, -0.15) is 4.39 Å². The van der Waals surface area contributed by atoms with Crippen LogP contribution in [0, 0.1) is 5.82 Å². The van der Waals surface area contributed by atoms with Crippen LogP contribution in [0.5, 0.6) is 0 Å². The molecule has 4 nitrogen and oxygen atoms in total. The van der Waals surface area contributed by atoms with Gasteiger partial charge in [0.25, 0.3) is 5.43 Å². The summed E-state index contributed by atoms with van der Waals surface area (Å²) in [5.74, 6) is -1.39. The summed E-state index contributed by atoms with van der Waals surface area (Å²) in [6.45, 7) is 0. The van der Waals surface area contributed by atoms with Crippen LogP contribution in [0.4, 0.5) is 4.39 Å². The Hall–Kier alpha value is -2.43. The Kier molecular flexibility index (Phi) is 1.89. The van der Waals surface area contributed by atoms with E-state index >= 15 is 0 Å². The Labute approximate surface area is 93.7 Å². The van der Waals surface area contributed by atoms with Crippen LogP contribution in [0.25, 0.3) is 22.6 Å². The van der Waals surface area contributed by atoms with Gasteiger partial charge < -0.3 is 9.40 Å². The number of rotatable bonds is 0. The van der Waals surface area contributed by atoms with Crippen molar-refractivity contribution in [3.8, 4) is 11.5 Å². The van der Waals surface area contributed by atoms with Gasteiger partial charge >= 0.3 is 0 Å². The number of halogens is 1. The van der Waals surface area contributed by atoms with Crippen LogP contribution in [0.1, 0.15) is 0 Å². The first-order valence-electron chi connectivity index (χ1n) is 4.91. The van der Waals surface area contributed by atoms with Gasteiger partial charge in [-0.05, 0) is 12.1 Å². The average molecular weight is 231 g/mol. The molecule has 2 aliphatic rings. The molecule has 0 atom stereocenters. The average Bonchev–Trinajstić information content (AvgIpc) is 2.34. The number of fused-ring (bicyclic) bond motifs is 2. The van der Waals surface area contributed by atoms with Gasteiger partial charge in [0.1, 0.15) is 0 Å². The summed E-state index contributed by atoms with van der Waals surface area (Å²) in [7, 11) is 0. The van der Waals surface area contributed by atoms with E-state index in [4.69, 9.17) is 4.42 Å². The highest BCUT2D eigenvalue weighted by atomic mass is 19.1. The summed E-state index contributed by atoms with van der Waals surface area (Å²) in [4.78, 5) is 25.2. The maximum Gasteiger partial charge on any atom is 0.265 e. The van der Waals surface area contributed by atoms with Crippen molar-refractivity contribution >= 4 is 11.1 Å². The summed E-state index contributed by atoms with van der Waals surface area (Å²) in [5.41, 5.74) is -0.859. The minimum atomic E-state index is -1.18. The molecule has 84 valence electrons. The fraction of sp³-hybridized carbons (Fsp3) is 0. The van der Waals surface area contributed by atoms with E-state index in [1.54, 1.807) is 24.3 Å². The molecule has 0 saturated carbocycles. The lowest BCUT2D eigenvalue weighted by Crippen LogP contribution is -2.27. The van der Waals surface area contributed by atoms with Crippen molar-refractivity contribution in [3.05, 3.63) is 56.6 Å². The summed E-state index contributed by atoms with van der Waals surface area (Å²) in [6, 6.07) is 7.91. The molecule has 1 aliphatic carbocycles. The second kappa shape index (κ2) is 3.28. The Morgan fingerprint density at radius 3 is 2.76 bits per heavy atom. The molecule has 0 bridgehead atoms. The smallest absolute Gasteiger partial charge is 0.265 e. The van der Waals surface area contributed by atoms with Crippen LogP contribution in [-0.4, -0.2) is 4.98 Å². The van der Waals surface area contributed by atoms with Crippen molar-refractivity contribution in [2.45, 2.75) is 0 Å². The van der Waals surface area contributed by atoms with Crippen LogP contribution < -0.4 is 10.9 Å². The number of H-pyrrole nitrogens is 1. The monoisotopic (exact) mass is 231 g/mol. The Bertz CT molecular complexity index is 803. The molecular formula is C12H6FNO3. The number of para-hydroxylation sites is 2. The number of benzene rings is 2. The van der Waals surface area contributed by atoms with Gasteiger partial charge in [-0.25, -0.2) is 0 Å². The maximum atomic E-state index is 13.6. The van der Waals surface area contributed by atoms with Crippen LogP contribution in [0.3, 0.4) is 0 Å². The number of hydrogen-bond donors (Lipinski definition) is 1. The van der Waals surface area contributed by atoms with Gasteiger partial charge in [-0.15, -0.1) is 0 Å². The van der Waals surface area contributed by atoms with Crippen LogP contribution >= 0.6 is 0 Å². The van der Waals surface area contributed by atoms with Gasteiger partial charge in [0, 0.05) is 6.07 Å². The second-order valence-corrected chi connectivity index (χ2v) is 3.62. The molecule has 5 heteroatoms. The number of aromatic amines is 1. The molecular weight excluding hydrogens is 225 g/mol. The molecule has 0 radical (unpaired) electrons. The standard InChI is InChI=1S/C12H6FNO3/c13-10-11(16)8(15)5-7-12(10)17-9-4-2-1-3-6(9)14-7/h1-5,14H. The van der Waals surface area contributed by atoms with Crippen LogP contribution in [0.2, 0.25) is 0 Å². The molecule has 0 aromatic heterocycles. The lowest BCUT2D eigenvalue weighted by atomic mass is 10.2. The third-order valence-corrected chi connectivity index (χ3v) is 2.51. The van der Waals surface area contributed by atoms with Crippen LogP contribution in [-0.2, 0) is 0 Å². The first-order chi connectivity index (χ1) is 8.16. The first kappa shape index (κ1) is 9.77. The zero-order valence-electron chi connectivity index (χ0n) is 8.49. The zero-order chi connectivity index (χ0) is 12.0. The molecule has 1 aromatic rings. The van der Waals surface area contributed by atoms with E-state index < -0.39 is 16.7 Å². The van der Waals surface area contributed by atoms with E-state index in [0.717, 1.165) is 6.07 Å². The fourth-order valence-corrected chi connectivity index (χ4v) is 1.70. The van der Waals surface area contributed by atoms with E-state index in [2.05, 4.69) is 4.98 Å². The molecule has 17 heavy (non-hydrogen) atoms. The lowest BCUT2D eigenvalue weighted by Gasteiger charge is -2.06. The third kappa shape index (κ3) is 1.36. The fourth-order valence-electron chi connectivity index (χ4n) is 1.70. The molecule has 0 saturated heterocycles. The van der Waals surface area contributed by atoms with E-state index in [0.29, 0.717) is 11.1 Å². The molecule has 1 N–H and O–H groups in total. The van der Waals surface area contributed by atoms with E-state index in [1.165, 1.54) is 0 Å². The number of hydrogen-bond acceptors (Lipinski definition) is 3. The van der Waals surface area contributed by atoms with E-state index in [9.17, 15) is 14.0 Å². The van der Waals surface area contributed by atoms with Crippen molar-refractivity contribution in [2.75, 3.05) is 0 Å². The highest BCUT2D eigenvalue weighted by molar-refractivity contribution is 5.76. The summed E-state index contributed by atoms with van der Waals surface area (Å²) in [5, 5.41) is 0. The predicted molar refractivity (Wildman–Crippen MR) is 59.7 cm³/mol. The van der Waals surface area contributed by atoms with Crippen molar-refractivity contribution in [1.29, 1.82) is 0 Å². The second-order valence-electron chi connectivity index (χ2n) is 3.62. The van der Waals surface area contributed by atoms with Crippen molar-refractivity contribution in [2.24, 2.45) is 0 Å². The van der Waals surface area contributed by atoms with Gasteiger partial charge in [0.05, 0.1) is 11.2 Å². The Morgan fingerprint density at radius 1 is 1.18 bits per heavy atom. The summed E-state index contributed by atoms with van der Waals surface area (Å²) in [6.07, 6.45) is 0. The molecule has 0 spiro atoms. The number of aromatic nitrogens is 1. The van der Waals surface area contributed by atoms with Gasteiger partial charge in [0.15, 0.2) is 11.3 Å². The van der Waals surface area contributed by atoms with Gasteiger partial charge in [-0.1, -0.05) is 12.1 Å². The molecule has 1 aliphatic heterocycles. The topological polar surface area (TPSA) is 63.1 Å².